The first-order chi connectivity index (χ1) is 7.69. The van der Waals surface area contributed by atoms with Crippen LogP contribution in [-0.2, 0) is 15.3 Å². The zero-order valence-corrected chi connectivity index (χ0v) is 9.89. The van der Waals surface area contributed by atoms with Crippen molar-refractivity contribution in [3.63, 3.8) is 0 Å². The van der Waals surface area contributed by atoms with E-state index in [0.717, 1.165) is 6.42 Å². The van der Waals surface area contributed by atoms with Crippen LogP contribution in [0.3, 0.4) is 0 Å². The molecule has 1 aliphatic heterocycles. The first-order valence-electron chi connectivity index (χ1n) is 5.42. The monoisotopic (exact) mass is 244 g/mol. The predicted octanol–water partition coefficient (Wildman–Crippen LogP) is 3.48. The highest BCUT2D eigenvalue weighted by atomic mass is 35.5. The highest BCUT2D eigenvalue weighted by molar-refractivity contribution is 6.31. The second-order valence-corrected chi connectivity index (χ2v) is 4.20. The molecule has 0 bridgehead atoms. The van der Waals surface area contributed by atoms with Crippen LogP contribution in [0.25, 0.3) is 0 Å². The summed E-state index contributed by atoms with van der Waals surface area (Å²) >= 11 is 6.03. The van der Waals surface area contributed by atoms with E-state index in [9.17, 15) is 4.39 Å². The maximum Gasteiger partial charge on any atom is 0.199 e. The van der Waals surface area contributed by atoms with Gasteiger partial charge in [0.2, 0.25) is 0 Å². The van der Waals surface area contributed by atoms with Crippen molar-refractivity contribution in [3.8, 4) is 0 Å². The summed E-state index contributed by atoms with van der Waals surface area (Å²) in [6.07, 6.45) is 1.44. The Morgan fingerprint density at radius 3 is 2.62 bits per heavy atom. The van der Waals surface area contributed by atoms with E-state index in [-0.39, 0.29) is 5.82 Å². The molecule has 0 saturated carbocycles. The second-order valence-electron chi connectivity index (χ2n) is 3.80. The van der Waals surface area contributed by atoms with Crippen molar-refractivity contribution in [3.05, 3.63) is 34.6 Å². The fourth-order valence-corrected chi connectivity index (χ4v) is 2.37. The van der Waals surface area contributed by atoms with Gasteiger partial charge in [-0.1, -0.05) is 31.0 Å². The maximum atomic E-state index is 13.8. The lowest BCUT2D eigenvalue weighted by Gasteiger charge is -2.28. The zero-order valence-electron chi connectivity index (χ0n) is 9.13. The third kappa shape index (κ3) is 1.95. The quantitative estimate of drug-likeness (QED) is 0.811. The number of rotatable bonds is 3. The first-order valence-corrected chi connectivity index (χ1v) is 5.80. The van der Waals surface area contributed by atoms with Gasteiger partial charge >= 0.3 is 0 Å². The molecule has 0 N–H and O–H groups in total. The van der Waals surface area contributed by atoms with E-state index in [4.69, 9.17) is 21.1 Å². The third-order valence-electron chi connectivity index (χ3n) is 2.68. The van der Waals surface area contributed by atoms with Gasteiger partial charge in [0.25, 0.3) is 0 Å². The molecular weight excluding hydrogens is 231 g/mol. The number of hydrogen-bond acceptors (Lipinski definition) is 2. The molecule has 1 aromatic rings. The highest BCUT2D eigenvalue weighted by Crippen LogP contribution is 2.40. The van der Waals surface area contributed by atoms with Crippen molar-refractivity contribution in [1.29, 1.82) is 0 Å². The normalized spacial score (nSPS) is 18.9. The lowest BCUT2D eigenvalue weighted by Crippen LogP contribution is -2.28. The molecule has 0 aliphatic carbocycles. The standard InChI is InChI=1S/C12H14ClFO2/c1-2-6-12(15-7-8-16-12)11-9(13)4-3-5-10(11)14/h3-5H,2,6-8H2,1H3. The Morgan fingerprint density at radius 2 is 2.06 bits per heavy atom. The van der Waals surface area contributed by atoms with E-state index in [1.54, 1.807) is 12.1 Å². The van der Waals surface area contributed by atoms with Crippen LogP contribution in [-0.4, -0.2) is 13.2 Å². The molecule has 0 amide bonds. The molecule has 0 aromatic heterocycles. The number of benzene rings is 1. The van der Waals surface area contributed by atoms with Gasteiger partial charge in [0.05, 0.1) is 23.8 Å². The molecule has 1 aliphatic rings. The lowest BCUT2D eigenvalue weighted by molar-refractivity contribution is -0.172. The summed E-state index contributed by atoms with van der Waals surface area (Å²) < 4.78 is 25.0. The van der Waals surface area contributed by atoms with Crippen molar-refractivity contribution in [2.45, 2.75) is 25.6 Å². The fourth-order valence-electron chi connectivity index (χ4n) is 2.06. The second kappa shape index (κ2) is 4.70. The highest BCUT2D eigenvalue weighted by Gasteiger charge is 2.41. The molecule has 0 atom stereocenters. The summed E-state index contributed by atoms with van der Waals surface area (Å²) in [7, 11) is 0. The van der Waals surface area contributed by atoms with Gasteiger partial charge in [-0.05, 0) is 12.1 Å². The summed E-state index contributed by atoms with van der Waals surface area (Å²) in [6, 6.07) is 4.61. The number of ether oxygens (including phenoxy) is 2. The Balaban J connectivity index is 2.46. The Morgan fingerprint density at radius 1 is 1.38 bits per heavy atom. The smallest absolute Gasteiger partial charge is 0.199 e. The van der Waals surface area contributed by atoms with Crippen molar-refractivity contribution in [2.75, 3.05) is 13.2 Å². The maximum absolute atomic E-state index is 13.8. The number of halogens is 2. The molecule has 0 unspecified atom stereocenters. The van der Waals surface area contributed by atoms with Crippen LogP contribution in [0.1, 0.15) is 25.3 Å². The number of hydrogen-bond donors (Lipinski definition) is 0. The van der Waals surface area contributed by atoms with Gasteiger partial charge in [-0.3, -0.25) is 0 Å². The van der Waals surface area contributed by atoms with E-state index in [1.807, 2.05) is 6.92 Å². The van der Waals surface area contributed by atoms with Crippen LogP contribution >= 0.6 is 11.6 Å². The Bertz CT molecular complexity index is 355. The minimum atomic E-state index is -0.989. The van der Waals surface area contributed by atoms with Crippen molar-refractivity contribution >= 4 is 11.6 Å². The van der Waals surface area contributed by atoms with Gasteiger partial charge in [0.1, 0.15) is 5.82 Å². The zero-order chi connectivity index (χ0) is 11.6. The molecule has 0 radical (unpaired) electrons. The van der Waals surface area contributed by atoms with E-state index >= 15 is 0 Å². The van der Waals surface area contributed by atoms with E-state index < -0.39 is 5.79 Å². The van der Waals surface area contributed by atoms with Crippen molar-refractivity contribution in [2.24, 2.45) is 0 Å². The van der Waals surface area contributed by atoms with Crippen LogP contribution in [0.2, 0.25) is 5.02 Å². The molecule has 1 aromatic carbocycles. The summed E-state index contributed by atoms with van der Waals surface area (Å²) in [4.78, 5) is 0. The van der Waals surface area contributed by atoms with Crippen molar-refractivity contribution < 1.29 is 13.9 Å². The van der Waals surface area contributed by atoms with Gasteiger partial charge in [-0.2, -0.15) is 0 Å². The molecule has 4 heteroatoms. The summed E-state index contributed by atoms with van der Waals surface area (Å²) in [5, 5.41) is 0.357. The van der Waals surface area contributed by atoms with E-state index in [0.29, 0.717) is 30.2 Å². The predicted molar refractivity (Wildman–Crippen MR) is 59.9 cm³/mol. The largest absolute Gasteiger partial charge is 0.343 e. The average molecular weight is 245 g/mol. The fraction of sp³-hybridized carbons (Fsp3) is 0.500. The van der Waals surface area contributed by atoms with Crippen LogP contribution in [0.15, 0.2) is 18.2 Å². The molecule has 0 spiro atoms. The molecule has 1 fully saturated rings. The third-order valence-corrected chi connectivity index (χ3v) is 2.99. The van der Waals surface area contributed by atoms with Gasteiger partial charge in [-0.25, -0.2) is 4.39 Å². The summed E-state index contributed by atoms with van der Waals surface area (Å²) in [5.74, 6) is -1.36. The lowest BCUT2D eigenvalue weighted by atomic mass is 10.0. The van der Waals surface area contributed by atoms with Gasteiger partial charge in [-0.15, -0.1) is 0 Å². The van der Waals surface area contributed by atoms with Gasteiger partial charge in [0, 0.05) is 6.42 Å². The minimum Gasteiger partial charge on any atom is -0.343 e. The Labute approximate surface area is 99.3 Å². The molecule has 2 nitrogen and oxygen atoms in total. The van der Waals surface area contributed by atoms with Crippen LogP contribution in [0, 0.1) is 5.82 Å². The van der Waals surface area contributed by atoms with Crippen LogP contribution < -0.4 is 0 Å². The van der Waals surface area contributed by atoms with E-state index in [2.05, 4.69) is 0 Å². The van der Waals surface area contributed by atoms with Crippen molar-refractivity contribution in [1.82, 2.24) is 0 Å². The molecule has 2 rings (SSSR count). The Kier molecular flexibility index (Phi) is 3.47. The SMILES string of the molecule is CCCC1(c2c(F)cccc2Cl)OCCO1. The van der Waals surface area contributed by atoms with E-state index in [1.165, 1.54) is 6.07 Å². The average Bonchev–Trinajstić information content (AvgIpc) is 2.67. The summed E-state index contributed by atoms with van der Waals surface area (Å²) in [6.45, 7) is 2.96. The van der Waals surface area contributed by atoms with Crippen LogP contribution in [0.5, 0.6) is 0 Å². The molecule has 1 saturated heterocycles. The molecular formula is C12H14ClFO2. The Hall–Kier alpha value is -0.640. The first kappa shape index (κ1) is 11.8. The molecule has 1 heterocycles. The van der Waals surface area contributed by atoms with Gasteiger partial charge in [0.15, 0.2) is 5.79 Å². The topological polar surface area (TPSA) is 18.5 Å². The minimum absolute atomic E-state index is 0.330. The molecule has 16 heavy (non-hydrogen) atoms. The summed E-state index contributed by atoms with van der Waals surface area (Å²) in [5.41, 5.74) is 0.330. The molecule has 88 valence electrons. The van der Waals surface area contributed by atoms with Crippen LogP contribution in [0.4, 0.5) is 4.39 Å². The van der Waals surface area contributed by atoms with Gasteiger partial charge < -0.3 is 9.47 Å².